The smallest absolute Gasteiger partial charge is 0.261 e. The number of nitrogens with zero attached hydrogens (tertiary/aromatic N) is 2. The molecule has 29 heavy (non-hydrogen) atoms. The topological polar surface area (TPSA) is 84.0 Å². The molecule has 2 aliphatic heterocycles. The number of ether oxygens (including phenoxy) is 1. The molecule has 0 atom stereocenters. The van der Waals surface area contributed by atoms with Gasteiger partial charge < -0.3 is 4.74 Å². The predicted molar refractivity (Wildman–Crippen MR) is 104 cm³/mol. The van der Waals surface area contributed by atoms with Crippen molar-refractivity contribution in [2.75, 3.05) is 13.1 Å². The molecule has 0 radical (unpaired) electrons. The van der Waals surface area contributed by atoms with Crippen LogP contribution in [0.3, 0.4) is 0 Å². The van der Waals surface area contributed by atoms with Crippen LogP contribution < -0.4 is 4.74 Å². The fourth-order valence-corrected chi connectivity index (χ4v) is 3.39. The van der Waals surface area contributed by atoms with Gasteiger partial charge in [0.25, 0.3) is 23.6 Å². The lowest BCUT2D eigenvalue weighted by Crippen LogP contribution is -2.29. The van der Waals surface area contributed by atoms with E-state index in [0.29, 0.717) is 22.6 Å². The Balaban J connectivity index is 1.62. The fourth-order valence-electron chi connectivity index (χ4n) is 3.39. The van der Waals surface area contributed by atoms with Gasteiger partial charge in [0.15, 0.2) is 0 Å². The molecule has 144 valence electrons. The first kappa shape index (κ1) is 18.4. The zero-order valence-electron chi connectivity index (χ0n) is 15.4. The summed E-state index contributed by atoms with van der Waals surface area (Å²) in [4.78, 5) is 51.7. The quantitative estimate of drug-likeness (QED) is 0.561. The number of benzene rings is 2. The molecule has 7 nitrogen and oxygen atoms in total. The van der Waals surface area contributed by atoms with E-state index in [1.54, 1.807) is 12.1 Å². The van der Waals surface area contributed by atoms with E-state index in [0.717, 1.165) is 9.80 Å². The van der Waals surface area contributed by atoms with Crippen LogP contribution in [-0.4, -0.2) is 46.5 Å². The molecule has 0 aromatic heterocycles. The largest absolute Gasteiger partial charge is 0.457 e. The zero-order valence-corrected chi connectivity index (χ0v) is 15.4. The molecule has 0 fully saturated rings. The van der Waals surface area contributed by atoms with E-state index in [4.69, 9.17) is 4.74 Å². The number of carbonyl (C=O) groups excluding carboxylic acids is 4. The summed E-state index contributed by atoms with van der Waals surface area (Å²) in [6.07, 6.45) is 2.97. The molecule has 2 aliphatic rings. The molecule has 0 saturated carbocycles. The number of hydrogen-bond donors (Lipinski definition) is 0. The minimum Gasteiger partial charge on any atom is -0.457 e. The summed E-state index contributed by atoms with van der Waals surface area (Å²) in [5.41, 5.74) is 1.11. The molecule has 0 N–H and O–H groups in total. The maximum absolute atomic E-state index is 12.4. The molecule has 0 saturated heterocycles. The van der Waals surface area contributed by atoms with Gasteiger partial charge in [0.05, 0.1) is 22.3 Å². The molecule has 2 heterocycles. The van der Waals surface area contributed by atoms with Crippen LogP contribution in [0.2, 0.25) is 0 Å². The number of amides is 4. The molecule has 0 unspecified atom stereocenters. The first-order valence-corrected chi connectivity index (χ1v) is 8.86. The van der Waals surface area contributed by atoms with Gasteiger partial charge in [-0.1, -0.05) is 12.2 Å². The highest BCUT2D eigenvalue weighted by atomic mass is 16.5. The Bertz CT molecular complexity index is 1030. The number of imide groups is 2. The van der Waals surface area contributed by atoms with Gasteiger partial charge in [-0.15, -0.1) is 13.2 Å². The second-order valence-corrected chi connectivity index (χ2v) is 6.54. The average Bonchev–Trinajstić information content (AvgIpc) is 3.09. The average molecular weight is 388 g/mol. The third-order valence-corrected chi connectivity index (χ3v) is 4.74. The number of hydrogen-bond acceptors (Lipinski definition) is 5. The summed E-state index contributed by atoms with van der Waals surface area (Å²) >= 11 is 0. The lowest BCUT2D eigenvalue weighted by molar-refractivity contribution is 0.0656. The minimum absolute atomic E-state index is 0.130. The van der Waals surface area contributed by atoms with Crippen molar-refractivity contribution in [2.45, 2.75) is 0 Å². The maximum Gasteiger partial charge on any atom is 0.261 e. The van der Waals surface area contributed by atoms with Crippen LogP contribution in [0.4, 0.5) is 0 Å². The van der Waals surface area contributed by atoms with Crippen LogP contribution in [0.15, 0.2) is 61.7 Å². The highest BCUT2D eigenvalue weighted by molar-refractivity contribution is 6.22. The van der Waals surface area contributed by atoms with Crippen molar-refractivity contribution in [3.05, 3.63) is 84.0 Å². The molecule has 7 heteroatoms. The van der Waals surface area contributed by atoms with E-state index in [9.17, 15) is 19.2 Å². The fraction of sp³-hybridized carbons (Fsp3) is 0.0909. The van der Waals surface area contributed by atoms with Crippen molar-refractivity contribution in [3.63, 3.8) is 0 Å². The lowest BCUT2D eigenvalue weighted by atomic mass is 10.1. The van der Waals surface area contributed by atoms with E-state index in [1.165, 1.54) is 36.4 Å². The molecular formula is C22H16N2O5. The van der Waals surface area contributed by atoms with E-state index in [-0.39, 0.29) is 36.0 Å². The highest BCUT2D eigenvalue weighted by Crippen LogP contribution is 2.32. The van der Waals surface area contributed by atoms with Crippen molar-refractivity contribution in [1.29, 1.82) is 0 Å². The molecular weight excluding hydrogens is 372 g/mol. The van der Waals surface area contributed by atoms with Crippen molar-refractivity contribution in [1.82, 2.24) is 9.80 Å². The van der Waals surface area contributed by atoms with Crippen molar-refractivity contribution in [3.8, 4) is 11.5 Å². The SMILES string of the molecule is C=CCN1C(=O)c2ccc(Oc3ccc4c(c3)C(=O)N(CC=C)C4=O)cc2C1=O. The summed E-state index contributed by atoms with van der Waals surface area (Å²) in [6, 6.07) is 9.19. The maximum atomic E-state index is 12.4. The Morgan fingerprint density at radius 1 is 0.655 bits per heavy atom. The van der Waals surface area contributed by atoms with Gasteiger partial charge in [-0.25, -0.2) is 0 Å². The van der Waals surface area contributed by atoms with Crippen molar-refractivity contribution >= 4 is 23.6 Å². The summed E-state index contributed by atoms with van der Waals surface area (Å²) < 4.78 is 5.78. The van der Waals surface area contributed by atoms with Gasteiger partial charge in [0.2, 0.25) is 0 Å². The molecule has 2 aromatic carbocycles. The van der Waals surface area contributed by atoms with Gasteiger partial charge in [0.1, 0.15) is 11.5 Å². The normalized spacial score (nSPS) is 14.9. The molecule has 0 aliphatic carbocycles. The second kappa shape index (κ2) is 6.87. The van der Waals surface area contributed by atoms with Crippen LogP contribution in [0, 0.1) is 0 Å². The van der Waals surface area contributed by atoms with E-state index < -0.39 is 11.8 Å². The summed E-state index contributed by atoms with van der Waals surface area (Å²) in [7, 11) is 0. The van der Waals surface area contributed by atoms with Crippen LogP contribution in [-0.2, 0) is 0 Å². The number of fused-ring (bicyclic) bond motifs is 2. The van der Waals surface area contributed by atoms with Crippen molar-refractivity contribution < 1.29 is 23.9 Å². The first-order valence-electron chi connectivity index (χ1n) is 8.86. The number of carbonyl (C=O) groups is 4. The third kappa shape index (κ3) is 2.84. The molecule has 4 amide bonds. The summed E-state index contributed by atoms with van der Waals surface area (Å²) in [6.45, 7) is 7.37. The Hall–Kier alpha value is -4.00. The third-order valence-electron chi connectivity index (χ3n) is 4.74. The van der Waals surface area contributed by atoms with Crippen LogP contribution >= 0.6 is 0 Å². The lowest BCUT2D eigenvalue weighted by Gasteiger charge is -2.09. The summed E-state index contributed by atoms with van der Waals surface area (Å²) in [5.74, 6) is -0.897. The predicted octanol–water partition coefficient (Wildman–Crippen LogP) is 3.04. The second-order valence-electron chi connectivity index (χ2n) is 6.54. The zero-order chi connectivity index (χ0) is 20.7. The number of rotatable bonds is 6. The van der Waals surface area contributed by atoms with Gasteiger partial charge in [-0.3, -0.25) is 29.0 Å². The van der Waals surface area contributed by atoms with Crippen molar-refractivity contribution in [2.24, 2.45) is 0 Å². The van der Waals surface area contributed by atoms with Crippen LogP contribution in [0.1, 0.15) is 41.4 Å². The molecule has 2 aromatic rings. The molecule has 0 spiro atoms. The Morgan fingerprint density at radius 3 is 1.41 bits per heavy atom. The minimum atomic E-state index is -0.412. The standard InChI is InChI=1S/C22H16N2O5/c1-3-9-23-19(25)15-7-5-13(11-17(15)21(23)27)29-14-6-8-16-18(12-14)22(28)24(10-4-2)20(16)26/h3-8,11-12H,1-2,9-10H2. The van der Waals surface area contributed by atoms with Gasteiger partial charge in [0, 0.05) is 13.1 Å². The van der Waals surface area contributed by atoms with Gasteiger partial charge >= 0.3 is 0 Å². The van der Waals surface area contributed by atoms with Gasteiger partial charge in [-0.05, 0) is 36.4 Å². The van der Waals surface area contributed by atoms with Crippen LogP contribution in [0.5, 0.6) is 11.5 Å². The Kier molecular flexibility index (Phi) is 4.35. The van der Waals surface area contributed by atoms with Crippen LogP contribution in [0.25, 0.3) is 0 Å². The monoisotopic (exact) mass is 388 g/mol. The highest BCUT2D eigenvalue weighted by Gasteiger charge is 2.36. The molecule has 4 rings (SSSR count). The van der Waals surface area contributed by atoms with E-state index >= 15 is 0 Å². The molecule has 0 bridgehead atoms. The van der Waals surface area contributed by atoms with E-state index in [2.05, 4.69) is 13.2 Å². The first-order chi connectivity index (χ1) is 14.0. The summed E-state index contributed by atoms with van der Waals surface area (Å²) in [5, 5.41) is 0. The van der Waals surface area contributed by atoms with Gasteiger partial charge in [-0.2, -0.15) is 0 Å². The Morgan fingerprint density at radius 2 is 1.03 bits per heavy atom. The van der Waals surface area contributed by atoms with E-state index in [1.807, 2.05) is 0 Å². The Labute approximate surface area is 166 Å².